The standard InChI is InChI=1S/C16H22N4O2/c1-16(2,12-21)9-15(22)20-7-5-19(6-8-20)14-4-3-13(10-17)11-18-14/h3-4,11,21H,5-9,12H2,1-2H3. The number of nitrogens with zero attached hydrogens (tertiary/aromatic N) is 4. The molecule has 1 aliphatic rings. The van der Waals surface area contributed by atoms with Gasteiger partial charge in [0, 0.05) is 45.4 Å². The molecule has 2 heterocycles. The molecule has 0 radical (unpaired) electrons. The molecule has 22 heavy (non-hydrogen) atoms. The van der Waals surface area contributed by atoms with Crippen LogP contribution in [0, 0.1) is 16.7 Å². The number of amides is 1. The number of hydrogen-bond donors (Lipinski definition) is 1. The molecule has 1 saturated heterocycles. The Balaban J connectivity index is 1.90. The van der Waals surface area contributed by atoms with Gasteiger partial charge in [0.25, 0.3) is 0 Å². The van der Waals surface area contributed by atoms with Crippen LogP contribution in [0.4, 0.5) is 5.82 Å². The number of carbonyl (C=O) groups excluding carboxylic acids is 1. The summed E-state index contributed by atoms with van der Waals surface area (Å²) >= 11 is 0. The number of aliphatic hydroxyl groups is 1. The van der Waals surface area contributed by atoms with Gasteiger partial charge >= 0.3 is 0 Å². The molecule has 0 bridgehead atoms. The Morgan fingerprint density at radius 2 is 2.05 bits per heavy atom. The molecule has 1 aliphatic heterocycles. The van der Waals surface area contributed by atoms with Gasteiger partial charge in [0.15, 0.2) is 0 Å². The average molecular weight is 302 g/mol. The lowest BCUT2D eigenvalue weighted by Gasteiger charge is -2.36. The van der Waals surface area contributed by atoms with Gasteiger partial charge in [-0.3, -0.25) is 4.79 Å². The molecule has 1 amide bonds. The predicted molar refractivity (Wildman–Crippen MR) is 83.2 cm³/mol. The summed E-state index contributed by atoms with van der Waals surface area (Å²) in [6.45, 7) is 6.55. The first kappa shape index (κ1) is 16.2. The van der Waals surface area contributed by atoms with Gasteiger partial charge < -0.3 is 14.9 Å². The molecule has 0 spiro atoms. The maximum Gasteiger partial charge on any atom is 0.223 e. The summed E-state index contributed by atoms with van der Waals surface area (Å²) in [5, 5.41) is 18.0. The third-order valence-corrected chi connectivity index (χ3v) is 3.89. The van der Waals surface area contributed by atoms with Gasteiger partial charge in [-0.05, 0) is 17.5 Å². The smallest absolute Gasteiger partial charge is 0.223 e. The SMILES string of the molecule is CC(C)(CO)CC(=O)N1CCN(c2ccc(C#N)cn2)CC1. The van der Waals surface area contributed by atoms with Gasteiger partial charge in [-0.2, -0.15) is 5.26 Å². The van der Waals surface area contributed by atoms with E-state index in [2.05, 4.69) is 16.0 Å². The largest absolute Gasteiger partial charge is 0.396 e. The topological polar surface area (TPSA) is 80.5 Å². The number of anilines is 1. The third kappa shape index (κ3) is 3.95. The van der Waals surface area contributed by atoms with Crippen LogP contribution in [-0.4, -0.2) is 53.7 Å². The molecule has 6 nitrogen and oxygen atoms in total. The number of rotatable bonds is 4. The normalized spacial score (nSPS) is 15.5. The second kappa shape index (κ2) is 6.75. The molecule has 0 aliphatic carbocycles. The Kier molecular flexibility index (Phi) is 4.99. The quantitative estimate of drug-likeness (QED) is 0.898. The van der Waals surface area contributed by atoms with E-state index in [1.165, 1.54) is 0 Å². The zero-order chi connectivity index (χ0) is 16.2. The summed E-state index contributed by atoms with van der Waals surface area (Å²) < 4.78 is 0. The summed E-state index contributed by atoms with van der Waals surface area (Å²) in [5.74, 6) is 0.924. The van der Waals surface area contributed by atoms with Crippen molar-refractivity contribution < 1.29 is 9.90 Å². The first-order valence-electron chi connectivity index (χ1n) is 7.45. The van der Waals surface area contributed by atoms with Gasteiger partial charge in [-0.1, -0.05) is 13.8 Å². The highest BCUT2D eigenvalue weighted by molar-refractivity contribution is 5.77. The Bertz CT molecular complexity index is 555. The fourth-order valence-electron chi connectivity index (χ4n) is 2.40. The second-order valence-electron chi connectivity index (χ2n) is 6.38. The van der Waals surface area contributed by atoms with E-state index in [4.69, 9.17) is 5.26 Å². The van der Waals surface area contributed by atoms with Gasteiger partial charge in [0.1, 0.15) is 11.9 Å². The van der Waals surface area contributed by atoms with Crippen molar-refractivity contribution in [1.82, 2.24) is 9.88 Å². The Morgan fingerprint density at radius 1 is 1.36 bits per heavy atom. The number of piperazine rings is 1. The average Bonchev–Trinajstić information content (AvgIpc) is 2.55. The van der Waals surface area contributed by atoms with E-state index in [-0.39, 0.29) is 17.9 Å². The Labute approximate surface area is 131 Å². The molecule has 6 heteroatoms. The molecule has 0 aromatic carbocycles. The summed E-state index contributed by atoms with van der Waals surface area (Å²) in [7, 11) is 0. The maximum atomic E-state index is 12.2. The van der Waals surface area contributed by atoms with E-state index in [9.17, 15) is 9.90 Å². The molecular formula is C16H22N4O2. The van der Waals surface area contributed by atoms with E-state index in [1.807, 2.05) is 24.8 Å². The molecule has 1 aromatic heterocycles. The molecule has 1 aromatic rings. The van der Waals surface area contributed by atoms with Gasteiger partial charge in [-0.25, -0.2) is 4.98 Å². The summed E-state index contributed by atoms with van der Waals surface area (Å²) in [6, 6.07) is 5.64. The summed E-state index contributed by atoms with van der Waals surface area (Å²) in [6.07, 6.45) is 1.93. The number of carbonyl (C=O) groups is 1. The van der Waals surface area contributed by atoms with Crippen LogP contribution in [0.5, 0.6) is 0 Å². The van der Waals surface area contributed by atoms with Gasteiger partial charge in [-0.15, -0.1) is 0 Å². The monoisotopic (exact) mass is 302 g/mol. The highest BCUT2D eigenvalue weighted by atomic mass is 16.3. The maximum absolute atomic E-state index is 12.2. The molecule has 118 valence electrons. The van der Waals surface area contributed by atoms with Crippen molar-refractivity contribution in [2.24, 2.45) is 5.41 Å². The van der Waals surface area contributed by atoms with Crippen LogP contribution in [0.2, 0.25) is 0 Å². The van der Waals surface area contributed by atoms with Crippen LogP contribution in [0.1, 0.15) is 25.8 Å². The van der Waals surface area contributed by atoms with Crippen LogP contribution in [0.15, 0.2) is 18.3 Å². The number of hydrogen-bond acceptors (Lipinski definition) is 5. The van der Waals surface area contributed by atoms with Crippen molar-refractivity contribution >= 4 is 11.7 Å². The molecule has 2 rings (SSSR count). The van der Waals surface area contributed by atoms with Crippen molar-refractivity contribution in [3.05, 3.63) is 23.9 Å². The number of pyridine rings is 1. The van der Waals surface area contributed by atoms with E-state index < -0.39 is 0 Å². The fourth-order valence-corrected chi connectivity index (χ4v) is 2.40. The summed E-state index contributed by atoms with van der Waals surface area (Å²) in [5.41, 5.74) is 0.173. The minimum Gasteiger partial charge on any atom is -0.396 e. The van der Waals surface area contributed by atoms with Crippen molar-refractivity contribution in [1.29, 1.82) is 5.26 Å². The van der Waals surface area contributed by atoms with Gasteiger partial charge in [0.05, 0.1) is 5.56 Å². The van der Waals surface area contributed by atoms with E-state index in [0.717, 1.165) is 18.9 Å². The first-order chi connectivity index (χ1) is 10.4. The number of nitriles is 1. The molecule has 1 N–H and O–H groups in total. The van der Waals surface area contributed by atoms with Gasteiger partial charge in [0.2, 0.25) is 5.91 Å². The van der Waals surface area contributed by atoms with Crippen LogP contribution in [0.25, 0.3) is 0 Å². The fraction of sp³-hybridized carbons (Fsp3) is 0.562. The zero-order valence-corrected chi connectivity index (χ0v) is 13.1. The molecule has 0 unspecified atom stereocenters. The molecule has 0 atom stereocenters. The van der Waals surface area contributed by atoms with Crippen molar-refractivity contribution in [3.63, 3.8) is 0 Å². The molecule has 0 saturated carbocycles. The minimum absolute atomic E-state index is 0.00780. The Morgan fingerprint density at radius 3 is 2.55 bits per heavy atom. The van der Waals surface area contributed by atoms with E-state index >= 15 is 0 Å². The number of aliphatic hydroxyl groups excluding tert-OH is 1. The lowest BCUT2D eigenvalue weighted by atomic mass is 9.90. The minimum atomic E-state index is -0.372. The lowest BCUT2D eigenvalue weighted by molar-refractivity contribution is -0.134. The zero-order valence-electron chi connectivity index (χ0n) is 13.1. The second-order valence-corrected chi connectivity index (χ2v) is 6.38. The molecule has 1 fully saturated rings. The van der Waals surface area contributed by atoms with Crippen molar-refractivity contribution in [2.75, 3.05) is 37.7 Å². The predicted octanol–water partition coefficient (Wildman–Crippen LogP) is 1.01. The van der Waals surface area contributed by atoms with Crippen molar-refractivity contribution in [2.45, 2.75) is 20.3 Å². The third-order valence-electron chi connectivity index (χ3n) is 3.89. The van der Waals surface area contributed by atoms with E-state index in [0.29, 0.717) is 25.1 Å². The Hall–Kier alpha value is -2.13. The molecular weight excluding hydrogens is 280 g/mol. The van der Waals surface area contributed by atoms with Crippen LogP contribution < -0.4 is 4.90 Å². The first-order valence-corrected chi connectivity index (χ1v) is 7.45. The lowest BCUT2D eigenvalue weighted by Crippen LogP contribution is -2.49. The highest BCUT2D eigenvalue weighted by Gasteiger charge is 2.27. The van der Waals surface area contributed by atoms with E-state index in [1.54, 1.807) is 12.3 Å². The summed E-state index contributed by atoms with van der Waals surface area (Å²) in [4.78, 5) is 20.5. The highest BCUT2D eigenvalue weighted by Crippen LogP contribution is 2.21. The van der Waals surface area contributed by atoms with Crippen LogP contribution in [-0.2, 0) is 4.79 Å². The number of aromatic nitrogens is 1. The van der Waals surface area contributed by atoms with Crippen LogP contribution >= 0.6 is 0 Å². The van der Waals surface area contributed by atoms with Crippen LogP contribution in [0.3, 0.4) is 0 Å². The van der Waals surface area contributed by atoms with Crippen molar-refractivity contribution in [3.8, 4) is 6.07 Å².